The van der Waals surface area contributed by atoms with E-state index in [0.29, 0.717) is 30.1 Å². The number of carbonyl (C=O) groups excluding carboxylic acids is 1. The molecule has 2 aromatic heterocycles. The summed E-state index contributed by atoms with van der Waals surface area (Å²) in [5, 5.41) is 3.89. The first kappa shape index (κ1) is 17.8. The molecule has 8 nitrogen and oxygen atoms in total. The topological polar surface area (TPSA) is 78.6 Å². The zero-order valence-electron chi connectivity index (χ0n) is 16.2. The molecular formula is C19H26N6O2. The van der Waals surface area contributed by atoms with Crippen molar-refractivity contribution < 1.29 is 9.32 Å². The van der Waals surface area contributed by atoms with Crippen molar-refractivity contribution in [3.8, 4) is 0 Å². The number of aryl methyl sites for hydroxylation is 3. The fraction of sp³-hybridized carbons (Fsp3) is 0.579. The molecule has 0 bridgehead atoms. The highest BCUT2D eigenvalue weighted by atomic mass is 16.5. The molecule has 4 heterocycles. The Hall–Kier alpha value is -2.64. The highest BCUT2D eigenvalue weighted by Gasteiger charge is 2.28. The van der Waals surface area contributed by atoms with Crippen LogP contribution in [0.25, 0.3) is 0 Å². The minimum absolute atomic E-state index is 0.00573. The van der Waals surface area contributed by atoms with E-state index in [1.54, 1.807) is 13.8 Å². The van der Waals surface area contributed by atoms with E-state index in [1.165, 1.54) is 12.8 Å². The first-order valence-electron chi connectivity index (χ1n) is 9.60. The maximum atomic E-state index is 12.8. The maximum Gasteiger partial charge on any atom is 0.259 e. The van der Waals surface area contributed by atoms with E-state index < -0.39 is 0 Å². The number of carbonyl (C=O) groups is 1. The normalized spacial score (nSPS) is 17.7. The molecule has 0 atom stereocenters. The van der Waals surface area contributed by atoms with Crippen molar-refractivity contribution in [1.29, 1.82) is 0 Å². The average molecular weight is 370 g/mol. The van der Waals surface area contributed by atoms with E-state index in [2.05, 4.69) is 26.0 Å². The molecule has 27 heavy (non-hydrogen) atoms. The maximum absolute atomic E-state index is 12.8. The molecule has 2 aliphatic rings. The number of anilines is 2. The lowest BCUT2D eigenvalue weighted by Crippen LogP contribution is -2.49. The van der Waals surface area contributed by atoms with Crippen LogP contribution in [0.2, 0.25) is 0 Å². The van der Waals surface area contributed by atoms with Gasteiger partial charge in [-0.3, -0.25) is 4.79 Å². The Morgan fingerprint density at radius 3 is 2.30 bits per heavy atom. The largest absolute Gasteiger partial charge is 0.361 e. The lowest BCUT2D eigenvalue weighted by atomic mass is 10.1. The zero-order valence-corrected chi connectivity index (χ0v) is 16.2. The Morgan fingerprint density at radius 1 is 0.963 bits per heavy atom. The number of piperazine rings is 1. The van der Waals surface area contributed by atoms with Gasteiger partial charge in [0.15, 0.2) is 0 Å². The highest BCUT2D eigenvalue weighted by Crippen LogP contribution is 2.23. The summed E-state index contributed by atoms with van der Waals surface area (Å²) >= 11 is 0. The van der Waals surface area contributed by atoms with E-state index in [9.17, 15) is 4.79 Å². The molecule has 0 aromatic carbocycles. The van der Waals surface area contributed by atoms with Crippen LogP contribution in [0.1, 0.15) is 40.3 Å². The Balaban J connectivity index is 1.45. The second-order valence-electron chi connectivity index (χ2n) is 7.34. The molecule has 0 aliphatic carbocycles. The minimum Gasteiger partial charge on any atom is -0.361 e. The molecule has 0 spiro atoms. The predicted octanol–water partition coefficient (Wildman–Crippen LogP) is 1.95. The van der Waals surface area contributed by atoms with Crippen LogP contribution in [0.3, 0.4) is 0 Å². The molecule has 0 unspecified atom stereocenters. The summed E-state index contributed by atoms with van der Waals surface area (Å²) in [4.78, 5) is 28.6. The molecule has 8 heteroatoms. The SMILES string of the molecule is Cc1cc(N2CCCC2)nc(N2CCN(C(=O)c3c(C)noc3C)CC2)n1. The Labute approximate surface area is 159 Å². The highest BCUT2D eigenvalue weighted by molar-refractivity contribution is 5.96. The number of amides is 1. The number of hydrogen-bond acceptors (Lipinski definition) is 7. The molecule has 2 aliphatic heterocycles. The fourth-order valence-electron chi connectivity index (χ4n) is 3.84. The van der Waals surface area contributed by atoms with Crippen LogP contribution < -0.4 is 9.80 Å². The number of rotatable bonds is 3. The van der Waals surface area contributed by atoms with Crippen LogP contribution in [-0.2, 0) is 0 Å². The summed E-state index contributed by atoms with van der Waals surface area (Å²) in [6.45, 7) is 10.5. The van der Waals surface area contributed by atoms with Gasteiger partial charge >= 0.3 is 0 Å². The minimum atomic E-state index is -0.00573. The van der Waals surface area contributed by atoms with Crippen molar-refractivity contribution in [1.82, 2.24) is 20.0 Å². The van der Waals surface area contributed by atoms with Gasteiger partial charge in [-0.25, -0.2) is 4.98 Å². The van der Waals surface area contributed by atoms with Gasteiger partial charge in [-0.1, -0.05) is 5.16 Å². The second kappa shape index (κ2) is 7.17. The van der Waals surface area contributed by atoms with Gasteiger partial charge in [0.1, 0.15) is 17.1 Å². The van der Waals surface area contributed by atoms with Gasteiger partial charge in [0, 0.05) is 51.0 Å². The Bertz CT molecular complexity index is 815. The van der Waals surface area contributed by atoms with Gasteiger partial charge in [-0.15, -0.1) is 0 Å². The van der Waals surface area contributed by atoms with Crippen LogP contribution in [0.4, 0.5) is 11.8 Å². The van der Waals surface area contributed by atoms with Gasteiger partial charge in [0.2, 0.25) is 5.95 Å². The third-order valence-corrected chi connectivity index (χ3v) is 5.36. The Morgan fingerprint density at radius 2 is 1.67 bits per heavy atom. The van der Waals surface area contributed by atoms with Crippen LogP contribution in [0, 0.1) is 20.8 Å². The molecule has 0 saturated carbocycles. The van der Waals surface area contributed by atoms with Crippen molar-refractivity contribution in [3.05, 3.63) is 28.8 Å². The van der Waals surface area contributed by atoms with E-state index in [4.69, 9.17) is 9.51 Å². The average Bonchev–Trinajstić information content (AvgIpc) is 3.31. The summed E-state index contributed by atoms with van der Waals surface area (Å²) in [5.74, 6) is 2.36. The van der Waals surface area contributed by atoms with E-state index in [0.717, 1.165) is 43.6 Å². The lowest BCUT2D eigenvalue weighted by molar-refractivity contribution is 0.0744. The first-order valence-corrected chi connectivity index (χ1v) is 9.60. The summed E-state index contributed by atoms with van der Waals surface area (Å²) in [7, 11) is 0. The van der Waals surface area contributed by atoms with Crippen LogP contribution >= 0.6 is 0 Å². The van der Waals surface area contributed by atoms with E-state index in [1.807, 2.05) is 11.8 Å². The molecule has 0 N–H and O–H groups in total. The number of hydrogen-bond donors (Lipinski definition) is 0. The van der Waals surface area contributed by atoms with Crippen molar-refractivity contribution in [2.75, 3.05) is 49.1 Å². The van der Waals surface area contributed by atoms with Crippen molar-refractivity contribution in [2.45, 2.75) is 33.6 Å². The van der Waals surface area contributed by atoms with Crippen LogP contribution in [0.15, 0.2) is 10.6 Å². The smallest absolute Gasteiger partial charge is 0.259 e. The number of nitrogens with zero attached hydrogens (tertiary/aromatic N) is 6. The van der Waals surface area contributed by atoms with Crippen LogP contribution in [-0.4, -0.2) is 65.2 Å². The third-order valence-electron chi connectivity index (χ3n) is 5.36. The predicted molar refractivity (Wildman–Crippen MR) is 102 cm³/mol. The molecular weight excluding hydrogens is 344 g/mol. The van der Waals surface area contributed by atoms with Crippen molar-refractivity contribution >= 4 is 17.7 Å². The van der Waals surface area contributed by atoms with Crippen molar-refractivity contribution in [2.24, 2.45) is 0 Å². The van der Waals surface area contributed by atoms with Crippen LogP contribution in [0.5, 0.6) is 0 Å². The van der Waals surface area contributed by atoms with Gasteiger partial charge in [0.05, 0.1) is 5.69 Å². The number of aromatic nitrogens is 3. The summed E-state index contributed by atoms with van der Waals surface area (Å²) in [6, 6.07) is 2.06. The second-order valence-corrected chi connectivity index (χ2v) is 7.34. The molecule has 0 radical (unpaired) electrons. The van der Waals surface area contributed by atoms with E-state index in [-0.39, 0.29) is 5.91 Å². The summed E-state index contributed by atoms with van der Waals surface area (Å²) in [5.41, 5.74) is 2.22. The van der Waals surface area contributed by atoms with Gasteiger partial charge < -0.3 is 19.2 Å². The summed E-state index contributed by atoms with van der Waals surface area (Å²) in [6.07, 6.45) is 2.45. The molecule has 1 amide bonds. The quantitative estimate of drug-likeness (QED) is 0.817. The molecule has 4 rings (SSSR count). The zero-order chi connectivity index (χ0) is 19.0. The molecule has 2 saturated heterocycles. The Kier molecular flexibility index (Phi) is 4.72. The van der Waals surface area contributed by atoms with Gasteiger partial charge in [-0.05, 0) is 33.6 Å². The summed E-state index contributed by atoms with van der Waals surface area (Å²) < 4.78 is 5.14. The standard InChI is InChI=1S/C19H26N6O2/c1-13-12-16(23-6-4-5-7-23)21-19(20-13)25-10-8-24(9-11-25)18(26)17-14(2)22-27-15(17)3/h12H,4-11H2,1-3H3. The van der Waals surface area contributed by atoms with Crippen molar-refractivity contribution in [3.63, 3.8) is 0 Å². The molecule has 2 aromatic rings. The molecule has 144 valence electrons. The van der Waals surface area contributed by atoms with E-state index >= 15 is 0 Å². The third kappa shape index (κ3) is 3.48. The molecule has 2 fully saturated rings. The monoisotopic (exact) mass is 370 g/mol. The van der Waals surface area contributed by atoms with Gasteiger partial charge in [-0.2, -0.15) is 4.98 Å². The van der Waals surface area contributed by atoms with Gasteiger partial charge in [0.25, 0.3) is 5.91 Å². The fourth-order valence-corrected chi connectivity index (χ4v) is 3.84. The lowest BCUT2D eigenvalue weighted by Gasteiger charge is -2.35. The first-order chi connectivity index (χ1) is 13.0.